The van der Waals surface area contributed by atoms with Crippen molar-refractivity contribution in [3.63, 3.8) is 0 Å². The molecule has 3 aromatic rings. The fraction of sp³-hybridized carbons (Fsp3) is 0.486. The van der Waals surface area contributed by atoms with Crippen LogP contribution in [0.1, 0.15) is 6.92 Å². The number of ether oxygens (including phenoxy) is 8. The van der Waals surface area contributed by atoms with Crippen LogP contribution in [0.25, 0.3) is 0 Å². The van der Waals surface area contributed by atoms with Crippen molar-refractivity contribution in [3.8, 4) is 17.2 Å². The van der Waals surface area contributed by atoms with E-state index in [1.165, 1.54) is 0 Å². The first-order valence-electron chi connectivity index (χ1n) is 16.2. The molecule has 5 atom stereocenters. The van der Waals surface area contributed by atoms with E-state index in [0.717, 1.165) is 82.8 Å². The number of hydrogen-bond acceptors (Lipinski definition) is 11. The third kappa shape index (κ3) is 8.54. The van der Waals surface area contributed by atoms with Gasteiger partial charge in [0.1, 0.15) is 17.2 Å². The van der Waals surface area contributed by atoms with Crippen LogP contribution in [0, 0.1) is 0 Å². The lowest BCUT2D eigenvalue weighted by atomic mass is 10.2. The van der Waals surface area contributed by atoms with Gasteiger partial charge >= 0.3 is 5.97 Å². The lowest BCUT2D eigenvalue weighted by Crippen LogP contribution is -2.45. The van der Waals surface area contributed by atoms with Gasteiger partial charge in [0, 0.05) is 49.8 Å². The Hall–Kier alpha value is -3.74. The zero-order valence-electron chi connectivity index (χ0n) is 26.0. The molecule has 5 heterocycles. The van der Waals surface area contributed by atoms with Crippen LogP contribution in [0.2, 0.25) is 0 Å². The highest BCUT2D eigenvalue weighted by Crippen LogP contribution is 2.32. The first-order valence-corrected chi connectivity index (χ1v) is 16.2. The number of nitrogens with one attached hydrogen (secondary N) is 1. The third-order valence-corrected chi connectivity index (χ3v) is 8.41. The van der Waals surface area contributed by atoms with Crippen molar-refractivity contribution in [2.75, 3.05) is 80.9 Å². The maximum absolute atomic E-state index is 6.46. The number of rotatable bonds is 19. The van der Waals surface area contributed by atoms with Crippen molar-refractivity contribution >= 4 is 17.1 Å². The maximum atomic E-state index is 6.46. The third-order valence-electron chi connectivity index (χ3n) is 8.41. The highest BCUT2D eigenvalue weighted by molar-refractivity contribution is 5.51. The topological polar surface area (TPSA) is 109 Å². The molecule has 0 aromatic heterocycles. The van der Waals surface area contributed by atoms with Crippen molar-refractivity contribution in [2.45, 2.75) is 43.4 Å². The maximum Gasteiger partial charge on any atom is 0.414 e. The molecule has 0 radical (unpaired) electrons. The molecule has 5 saturated heterocycles. The molecule has 46 heavy (non-hydrogen) atoms. The van der Waals surface area contributed by atoms with E-state index in [4.69, 9.17) is 37.9 Å². The molecule has 244 valence electrons. The number of nitrogens with zero attached hydrogens (tertiary/aromatic N) is 2. The smallest absolute Gasteiger partial charge is 0.414 e. The molecule has 5 aliphatic rings. The first kappa shape index (κ1) is 29.6. The van der Waals surface area contributed by atoms with Crippen LogP contribution in [0.4, 0.5) is 17.1 Å². The van der Waals surface area contributed by atoms with Crippen molar-refractivity contribution in [3.05, 3.63) is 72.8 Å². The van der Waals surface area contributed by atoms with Crippen molar-refractivity contribution in [1.29, 1.82) is 0 Å². The molecule has 5 aliphatic heterocycles. The number of anilines is 3. The van der Waals surface area contributed by atoms with E-state index < -0.39 is 5.97 Å². The van der Waals surface area contributed by atoms with Gasteiger partial charge in [-0.1, -0.05) is 0 Å². The molecule has 0 amide bonds. The Balaban J connectivity index is 0.979. The van der Waals surface area contributed by atoms with Gasteiger partial charge in [0.05, 0.1) is 70.5 Å². The molecule has 1 N–H and O–H groups in total. The van der Waals surface area contributed by atoms with Crippen molar-refractivity contribution < 1.29 is 37.9 Å². The molecule has 8 rings (SSSR count). The largest absolute Gasteiger partial charge is 0.421 e. The molecule has 0 bridgehead atoms. The Labute approximate surface area is 269 Å². The Bertz CT molecular complexity index is 1330. The molecular formula is C35H41N3O8. The molecule has 5 fully saturated rings. The average Bonchev–Trinajstić information content (AvgIpc) is 3.86. The van der Waals surface area contributed by atoms with E-state index in [1.54, 1.807) is 6.92 Å². The Morgan fingerprint density at radius 2 is 0.870 bits per heavy atom. The lowest BCUT2D eigenvalue weighted by Gasteiger charge is -2.31. The summed E-state index contributed by atoms with van der Waals surface area (Å²) < 4.78 is 46.6. The second-order valence-corrected chi connectivity index (χ2v) is 12.6. The molecule has 5 unspecified atom stereocenters. The summed E-state index contributed by atoms with van der Waals surface area (Å²) in [6.45, 7) is 10.0. The van der Waals surface area contributed by atoms with Gasteiger partial charge in [0.25, 0.3) is 0 Å². The van der Waals surface area contributed by atoms with Crippen molar-refractivity contribution in [1.82, 2.24) is 0 Å². The summed E-state index contributed by atoms with van der Waals surface area (Å²) in [4.78, 5) is 4.62. The number of hydrogen-bond donors (Lipinski definition) is 1. The summed E-state index contributed by atoms with van der Waals surface area (Å²) in [5.74, 6) is 0.392. The van der Waals surface area contributed by atoms with Gasteiger partial charge < -0.3 is 53.0 Å². The van der Waals surface area contributed by atoms with Crippen LogP contribution in [0.5, 0.6) is 17.2 Å². The van der Waals surface area contributed by atoms with Gasteiger partial charge in [0.15, 0.2) is 0 Å². The van der Waals surface area contributed by atoms with E-state index in [-0.39, 0.29) is 24.4 Å². The summed E-state index contributed by atoms with van der Waals surface area (Å²) in [6.07, 6.45) is 1.43. The van der Waals surface area contributed by atoms with Crippen LogP contribution in [-0.2, 0) is 23.7 Å². The standard InChI is InChI=1S/C35H41N3O8/c1-35(44-27-8-2-24(3-9-27)36-14-30-19-39-30,45-28-10-4-25(5-11-28)37(15-31-20-40-31)16-32-21-41-32)46-29-12-6-26(7-13-29)38(17-33-22-42-33)18-34-23-43-34/h2-13,30-34,36H,14-23H2,1H3. The molecular weight excluding hydrogens is 590 g/mol. The number of benzene rings is 3. The normalized spacial score (nSPS) is 26.3. The van der Waals surface area contributed by atoms with Gasteiger partial charge in [-0.3, -0.25) is 0 Å². The highest BCUT2D eigenvalue weighted by atomic mass is 16.9. The predicted molar refractivity (Wildman–Crippen MR) is 171 cm³/mol. The van der Waals surface area contributed by atoms with Gasteiger partial charge in [-0.15, -0.1) is 0 Å². The molecule has 11 heteroatoms. The summed E-state index contributed by atoms with van der Waals surface area (Å²) in [7, 11) is 0. The SMILES string of the molecule is CC(Oc1ccc(NCC2CO2)cc1)(Oc1ccc(N(CC2CO2)CC2CO2)cc1)Oc1ccc(N(CC2CO2)CC2CO2)cc1. The Kier molecular flexibility index (Phi) is 8.26. The molecule has 11 nitrogen and oxygen atoms in total. The molecule has 0 saturated carbocycles. The summed E-state index contributed by atoms with van der Waals surface area (Å²) in [5, 5.41) is 3.38. The lowest BCUT2D eigenvalue weighted by molar-refractivity contribution is -0.238. The zero-order chi connectivity index (χ0) is 30.9. The fourth-order valence-corrected chi connectivity index (χ4v) is 5.46. The van der Waals surface area contributed by atoms with E-state index in [1.807, 2.05) is 48.5 Å². The summed E-state index contributed by atoms with van der Waals surface area (Å²) in [6, 6.07) is 23.8. The second kappa shape index (κ2) is 12.8. The monoisotopic (exact) mass is 631 g/mol. The van der Waals surface area contributed by atoms with E-state index in [0.29, 0.717) is 23.4 Å². The first-order chi connectivity index (χ1) is 22.5. The van der Waals surface area contributed by atoms with Crippen LogP contribution in [0.15, 0.2) is 72.8 Å². The van der Waals surface area contributed by atoms with Crippen molar-refractivity contribution in [2.24, 2.45) is 0 Å². The van der Waals surface area contributed by atoms with Gasteiger partial charge in [-0.2, -0.15) is 0 Å². The average molecular weight is 632 g/mol. The second-order valence-electron chi connectivity index (χ2n) is 12.6. The van der Waals surface area contributed by atoms with Crippen LogP contribution < -0.4 is 29.3 Å². The van der Waals surface area contributed by atoms with Gasteiger partial charge in [0.2, 0.25) is 0 Å². The van der Waals surface area contributed by atoms with Crippen LogP contribution >= 0.6 is 0 Å². The van der Waals surface area contributed by atoms with E-state index in [9.17, 15) is 0 Å². The Morgan fingerprint density at radius 1 is 0.543 bits per heavy atom. The Morgan fingerprint density at radius 3 is 1.20 bits per heavy atom. The highest BCUT2D eigenvalue weighted by Gasteiger charge is 2.35. The molecule has 3 aromatic carbocycles. The molecule has 0 spiro atoms. The summed E-state index contributed by atoms with van der Waals surface area (Å²) >= 11 is 0. The van der Waals surface area contributed by atoms with E-state index in [2.05, 4.69) is 39.4 Å². The van der Waals surface area contributed by atoms with Crippen LogP contribution in [0.3, 0.4) is 0 Å². The van der Waals surface area contributed by atoms with Gasteiger partial charge in [-0.05, 0) is 72.8 Å². The minimum Gasteiger partial charge on any atom is -0.421 e. The van der Waals surface area contributed by atoms with Crippen LogP contribution in [-0.4, -0.2) is 102 Å². The van der Waals surface area contributed by atoms with Gasteiger partial charge in [-0.25, -0.2) is 0 Å². The quantitative estimate of drug-likeness (QED) is 0.154. The van der Waals surface area contributed by atoms with E-state index >= 15 is 0 Å². The fourth-order valence-electron chi connectivity index (χ4n) is 5.46. The summed E-state index contributed by atoms with van der Waals surface area (Å²) in [5.41, 5.74) is 3.18. The molecule has 0 aliphatic carbocycles. The minimum atomic E-state index is -1.47. The minimum absolute atomic E-state index is 0.283. The zero-order valence-corrected chi connectivity index (χ0v) is 26.0. The predicted octanol–water partition coefficient (Wildman–Crippen LogP) is 3.92. The number of epoxide rings is 5.